The largest absolute Gasteiger partial charge is 0.321 e. The van der Waals surface area contributed by atoms with Gasteiger partial charge in [0.1, 0.15) is 0 Å². The van der Waals surface area contributed by atoms with E-state index in [1.54, 1.807) is 12.1 Å². The Kier molecular flexibility index (Phi) is 15.7. The SMILES string of the molecule is CCCCCCCCCCCCCCCCC(C)CNNc1cccc(S(=O)(=O)O)c1. The normalized spacial score (nSPS) is 12.7. The molecule has 0 heterocycles. The van der Waals surface area contributed by atoms with E-state index in [0.29, 0.717) is 11.6 Å². The van der Waals surface area contributed by atoms with Crippen LogP contribution in [0.3, 0.4) is 0 Å². The highest BCUT2D eigenvalue weighted by Gasteiger charge is 2.09. The van der Waals surface area contributed by atoms with Crippen LogP contribution >= 0.6 is 0 Å². The van der Waals surface area contributed by atoms with Gasteiger partial charge in [0, 0.05) is 6.54 Å². The summed E-state index contributed by atoms with van der Waals surface area (Å²) in [7, 11) is -4.17. The van der Waals surface area contributed by atoms with E-state index < -0.39 is 10.1 Å². The van der Waals surface area contributed by atoms with E-state index in [-0.39, 0.29) is 4.90 Å². The van der Waals surface area contributed by atoms with Gasteiger partial charge in [0.15, 0.2) is 0 Å². The lowest BCUT2D eigenvalue weighted by Gasteiger charge is -2.14. The minimum Gasteiger partial charge on any atom is -0.321 e. The molecule has 0 saturated heterocycles. The van der Waals surface area contributed by atoms with Gasteiger partial charge in [-0.3, -0.25) is 4.55 Å². The Morgan fingerprint density at radius 3 is 1.87 bits per heavy atom. The third kappa shape index (κ3) is 15.4. The van der Waals surface area contributed by atoms with E-state index in [1.807, 2.05) is 0 Å². The maximum atomic E-state index is 11.2. The van der Waals surface area contributed by atoms with Crippen molar-refractivity contribution in [2.45, 2.75) is 115 Å². The van der Waals surface area contributed by atoms with E-state index in [9.17, 15) is 8.42 Å². The third-order valence-corrected chi connectivity index (χ3v) is 6.72. The molecule has 31 heavy (non-hydrogen) atoms. The molecule has 0 radical (unpaired) electrons. The van der Waals surface area contributed by atoms with Crippen LogP contribution in [0.15, 0.2) is 29.2 Å². The van der Waals surface area contributed by atoms with E-state index in [4.69, 9.17) is 4.55 Å². The fraction of sp³-hybridized carbons (Fsp3) is 0.760. The van der Waals surface area contributed by atoms with Crippen LogP contribution in [0.25, 0.3) is 0 Å². The monoisotopic (exact) mass is 454 g/mol. The predicted octanol–water partition coefficient (Wildman–Crippen LogP) is 7.36. The molecule has 6 heteroatoms. The van der Waals surface area contributed by atoms with Crippen molar-refractivity contribution in [3.63, 3.8) is 0 Å². The molecule has 0 amide bonds. The zero-order chi connectivity index (χ0) is 22.8. The standard InChI is InChI=1S/C25H46N2O3S/c1-3-4-5-6-7-8-9-10-11-12-13-14-15-16-18-23(2)22-26-27-24-19-17-20-25(21-24)31(28,29)30/h17,19-21,23,26-27H,3-16,18,22H2,1-2H3,(H,28,29,30). The molecule has 0 spiro atoms. The molecule has 0 aliphatic carbocycles. The highest BCUT2D eigenvalue weighted by Crippen LogP contribution is 2.16. The first kappa shape index (κ1) is 27.9. The first-order valence-corrected chi connectivity index (χ1v) is 13.9. The average Bonchev–Trinajstić information content (AvgIpc) is 2.73. The summed E-state index contributed by atoms with van der Waals surface area (Å²) in [5.41, 5.74) is 6.79. The molecule has 1 unspecified atom stereocenters. The average molecular weight is 455 g/mol. The van der Waals surface area contributed by atoms with Crippen molar-refractivity contribution in [2.75, 3.05) is 12.0 Å². The summed E-state index contributed by atoms with van der Waals surface area (Å²) in [6.45, 7) is 5.32. The van der Waals surface area contributed by atoms with Gasteiger partial charge in [-0.15, -0.1) is 0 Å². The van der Waals surface area contributed by atoms with Crippen molar-refractivity contribution in [1.29, 1.82) is 0 Å². The Morgan fingerprint density at radius 2 is 1.35 bits per heavy atom. The zero-order valence-corrected chi connectivity index (χ0v) is 20.7. The molecule has 0 aliphatic rings. The van der Waals surface area contributed by atoms with Crippen LogP contribution < -0.4 is 10.9 Å². The van der Waals surface area contributed by atoms with Crippen molar-refractivity contribution in [1.82, 2.24) is 5.43 Å². The third-order valence-electron chi connectivity index (χ3n) is 5.87. The number of hydrogen-bond acceptors (Lipinski definition) is 4. The second-order valence-electron chi connectivity index (χ2n) is 9.00. The maximum Gasteiger partial charge on any atom is 0.294 e. The van der Waals surface area contributed by atoms with Gasteiger partial charge in [-0.25, -0.2) is 5.43 Å². The second-order valence-corrected chi connectivity index (χ2v) is 10.4. The zero-order valence-electron chi connectivity index (χ0n) is 19.9. The molecule has 0 fully saturated rings. The van der Waals surface area contributed by atoms with Gasteiger partial charge in [-0.05, 0) is 30.5 Å². The topological polar surface area (TPSA) is 78.4 Å². The van der Waals surface area contributed by atoms with E-state index in [1.165, 1.54) is 108 Å². The highest BCUT2D eigenvalue weighted by atomic mass is 32.2. The fourth-order valence-corrected chi connectivity index (χ4v) is 4.38. The first-order valence-electron chi connectivity index (χ1n) is 12.5. The number of rotatable bonds is 20. The van der Waals surface area contributed by atoms with E-state index >= 15 is 0 Å². The van der Waals surface area contributed by atoms with Crippen molar-refractivity contribution in [2.24, 2.45) is 5.92 Å². The van der Waals surface area contributed by atoms with Crippen LogP contribution in [-0.2, 0) is 10.1 Å². The minimum absolute atomic E-state index is 0.102. The van der Waals surface area contributed by atoms with Crippen molar-refractivity contribution >= 4 is 15.8 Å². The van der Waals surface area contributed by atoms with Gasteiger partial charge in [0.05, 0.1) is 10.6 Å². The smallest absolute Gasteiger partial charge is 0.294 e. The molecule has 1 atom stereocenters. The first-order chi connectivity index (χ1) is 14.9. The molecular weight excluding hydrogens is 408 g/mol. The van der Waals surface area contributed by atoms with Gasteiger partial charge in [0.2, 0.25) is 0 Å². The summed E-state index contributed by atoms with van der Waals surface area (Å²) >= 11 is 0. The molecule has 180 valence electrons. The van der Waals surface area contributed by atoms with E-state index in [2.05, 4.69) is 24.7 Å². The molecule has 3 N–H and O–H groups in total. The molecule has 1 aromatic carbocycles. The second kappa shape index (κ2) is 17.4. The Morgan fingerprint density at radius 1 is 0.839 bits per heavy atom. The van der Waals surface area contributed by atoms with Crippen molar-refractivity contribution < 1.29 is 13.0 Å². The van der Waals surface area contributed by atoms with Gasteiger partial charge in [0.25, 0.3) is 10.1 Å². The van der Waals surface area contributed by atoms with Crippen LogP contribution in [0.4, 0.5) is 5.69 Å². The summed E-state index contributed by atoms with van der Waals surface area (Å²) < 4.78 is 31.5. The van der Waals surface area contributed by atoms with Crippen LogP contribution in [0.5, 0.6) is 0 Å². The van der Waals surface area contributed by atoms with Crippen LogP contribution in [0.2, 0.25) is 0 Å². The Hall–Kier alpha value is -1.11. The predicted molar refractivity (Wildman–Crippen MR) is 132 cm³/mol. The van der Waals surface area contributed by atoms with Crippen LogP contribution in [-0.4, -0.2) is 19.5 Å². The molecule has 5 nitrogen and oxygen atoms in total. The summed E-state index contributed by atoms with van der Waals surface area (Å²) in [6.07, 6.45) is 20.6. The lowest BCUT2D eigenvalue weighted by Crippen LogP contribution is -2.27. The lowest BCUT2D eigenvalue weighted by atomic mass is 10.0. The van der Waals surface area contributed by atoms with Gasteiger partial charge in [-0.2, -0.15) is 8.42 Å². The summed E-state index contributed by atoms with van der Waals surface area (Å²) in [6, 6.07) is 6.16. The van der Waals surface area contributed by atoms with Crippen molar-refractivity contribution in [3.8, 4) is 0 Å². The lowest BCUT2D eigenvalue weighted by molar-refractivity contribution is 0.462. The number of benzene rings is 1. The summed E-state index contributed by atoms with van der Waals surface area (Å²) in [5, 5.41) is 0. The molecule has 0 bridgehead atoms. The number of anilines is 1. The minimum atomic E-state index is -4.17. The van der Waals surface area contributed by atoms with Crippen LogP contribution in [0, 0.1) is 5.92 Å². The Bertz CT molecular complexity index is 664. The number of hydrogen-bond donors (Lipinski definition) is 3. The molecule has 1 rings (SSSR count). The van der Waals surface area contributed by atoms with Gasteiger partial charge >= 0.3 is 0 Å². The van der Waals surface area contributed by atoms with Crippen LogP contribution in [0.1, 0.15) is 110 Å². The Balaban J connectivity index is 1.93. The maximum absolute atomic E-state index is 11.2. The molecule has 1 aromatic rings. The van der Waals surface area contributed by atoms with Crippen molar-refractivity contribution in [3.05, 3.63) is 24.3 Å². The van der Waals surface area contributed by atoms with E-state index in [0.717, 1.165) is 6.54 Å². The summed E-state index contributed by atoms with van der Waals surface area (Å²) in [4.78, 5) is -0.102. The fourth-order valence-electron chi connectivity index (χ4n) is 3.85. The van der Waals surface area contributed by atoms with Gasteiger partial charge in [-0.1, -0.05) is 110 Å². The highest BCUT2D eigenvalue weighted by molar-refractivity contribution is 7.85. The molecule has 0 aliphatic heterocycles. The number of hydrazine groups is 1. The molecular formula is C25H46N2O3S. The molecule has 0 saturated carbocycles. The number of unbranched alkanes of at least 4 members (excludes halogenated alkanes) is 13. The molecule has 0 aromatic heterocycles. The number of nitrogens with one attached hydrogen (secondary N) is 2. The quantitative estimate of drug-likeness (QED) is 0.109. The summed E-state index contributed by atoms with van der Waals surface area (Å²) in [5.74, 6) is 0.551. The Labute approximate surface area is 191 Å². The van der Waals surface area contributed by atoms with Gasteiger partial charge < -0.3 is 5.43 Å².